The molecule has 0 radical (unpaired) electrons. The highest BCUT2D eigenvalue weighted by Gasteiger charge is 2.24. The van der Waals surface area contributed by atoms with E-state index in [-0.39, 0.29) is 32.8 Å². The van der Waals surface area contributed by atoms with Gasteiger partial charge in [0.15, 0.2) is 0 Å². The molecule has 2 unspecified atom stereocenters. The Bertz CT molecular complexity index is 697. The van der Waals surface area contributed by atoms with Crippen molar-refractivity contribution in [1.82, 2.24) is 0 Å². The van der Waals surface area contributed by atoms with E-state index in [4.69, 9.17) is 19.7 Å². The summed E-state index contributed by atoms with van der Waals surface area (Å²) in [6, 6.07) is 0. The van der Waals surface area contributed by atoms with Gasteiger partial charge in [-0.2, -0.15) is 0 Å². The zero-order valence-electron chi connectivity index (χ0n) is 24.6. The maximum Gasteiger partial charge on any atom is 0.472 e. The highest BCUT2D eigenvalue weighted by atomic mass is 31.2. The van der Waals surface area contributed by atoms with E-state index < -0.39 is 19.9 Å². The third kappa shape index (κ3) is 28.1. The Kier molecular flexibility index (Phi) is 27.3. The van der Waals surface area contributed by atoms with Gasteiger partial charge in [0.2, 0.25) is 0 Å². The van der Waals surface area contributed by atoms with Crippen molar-refractivity contribution >= 4 is 13.8 Å². The van der Waals surface area contributed by atoms with E-state index in [0.717, 1.165) is 32.1 Å². The van der Waals surface area contributed by atoms with Gasteiger partial charge in [-0.3, -0.25) is 13.8 Å². The van der Waals surface area contributed by atoms with Crippen molar-refractivity contribution < 1.29 is 32.8 Å². The zero-order chi connectivity index (χ0) is 28.9. The first-order valence-corrected chi connectivity index (χ1v) is 16.5. The zero-order valence-corrected chi connectivity index (χ0v) is 25.5. The van der Waals surface area contributed by atoms with Gasteiger partial charge < -0.3 is 20.1 Å². The Hall–Kier alpha value is -1.28. The van der Waals surface area contributed by atoms with Gasteiger partial charge in [0.25, 0.3) is 0 Å². The monoisotopic (exact) mass is 573 g/mol. The standard InChI is InChI=1S/C30H56NO7P/c1-3-5-6-7-8-9-10-11-12-13-14-15-16-17-18-19-20-21-22-23-25-35-27-29(38-30(32)4-2)28-37-39(33,34)36-26-24-31/h8-9,11-12,14-15,29H,3-7,10,13,16-28,31H2,1-2H3,(H,33,34)/b9-8-,12-11-,15-14-. The van der Waals surface area contributed by atoms with Crippen LogP contribution in [0.5, 0.6) is 0 Å². The summed E-state index contributed by atoms with van der Waals surface area (Å²) in [5, 5.41) is 0. The first-order chi connectivity index (χ1) is 18.9. The van der Waals surface area contributed by atoms with Crippen molar-refractivity contribution in [2.24, 2.45) is 5.73 Å². The van der Waals surface area contributed by atoms with Gasteiger partial charge in [-0.15, -0.1) is 0 Å². The molecule has 2 atom stereocenters. The topological polar surface area (TPSA) is 117 Å². The number of hydrogen-bond donors (Lipinski definition) is 2. The van der Waals surface area contributed by atoms with Crippen LogP contribution >= 0.6 is 7.82 Å². The molecule has 0 saturated heterocycles. The summed E-state index contributed by atoms with van der Waals surface area (Å²) in [6.45, 7) is 4.26. The molecule has 0 fully saturated rings. The van der Waals surface area contributed by atoms with Crippen LogP contribution in [0.25, 0.3) is 0 Å². The summed E-state index contributed by atoms with van der Waals surface area (Å²) in [7, 11) is -4.23. The summed E-state index contributed by atoms with van der Waals surface area (Å²) in [6.07, 6.45) is 29.5. The second kappa shape index (κ2) is 28.3. The number of rotatable bonds is 28. The number of ether oxygens (including phenoxy) is 2. The molecule has 0 heterocycles. The van der Waals surface area contributed by atoms with Crippen molar-refractivity contribution in [3.05, 3.63) is 36.5 Å². The van der Waals surface area contributed by atoms with Crippen LogP contribution in [0.2, 0.25) is 0 Å². The van der Waals surface area contributed by atoms with Gasteiger partial charge in [0.05, 0.1) is 19.8 Å². The fourth-order valence-electron chi connectivity index (χ4n) is 3.62. The Labute approximate surface area is 238 Å². The molecule has 228 valence electrons. The van der Waals surface area contributed by atoms with E-state index in [1.807, 2.05) is 0 Å². The number of carbonyl (C=O) groups is 1. The fraction of sp³-hybridized carbons (Fsp3) is 0.767. The van der Waals surface area contributed by atoms with Gasteiger partial charge in [0.1, 0.15) is 6.10 Å². The smallest absolute Gasteiger partial charge is 0.457 e. The molecule has 0 aromatic carbocycles. The van der Waals surface area contributed by atoms with Crippen molar-refractivity contribution in [3.63, 3.8) is 0 Å². The molecule has 0 amide bonds. The minimum atomic E-state index is -4.23. The van der Waals surface area contributed by atoms with Gasteiger partial charge in [-0.05, 0) is 44.9 Å². The minimum absolute atomic E-state index is 0.0958. The molecule has 0 aliphatic heterocycles. The highest BCUT2D eigenvalue weighted by molar-refractivity contribution is 7.47. The SMILES string of the molecule is CCCCC/C=C\C/C=C\C/C=C\CCCCCCCCCOCC(COP(=O)(O)OCCN)OC(=O)CC. The van der Waals surface area contributed by atoms with Crippen LogP contribution in [0, 0.1) is 0 Å². The molecule has 0 aromatic heterocycles. The van der Waals surface area contributed by atoms with Crippen LogP contribution in [-0.4, -0.2) is 49.9 Å². The predicted molar refractivity (Wildman–Crippen MR) is 160 cm³/mol. The van der Waals surface area contributed by atoms with Crippen LogP contribution in [-0.2, 0) is 27.9 Å². The van der Waals surface area contributed by atoms with Crippen molar-refractivity contribution in [2.75, 3.05) is 33.0 Å². The number of nitrogens with two attached hydrogens (primary N) is 1. The number of unbranched alkanes of at least 4 members (excludes halogenated alkanes) is 10. The Morgan fingerprint density at radius 1 is 0.769 bits per heavy atom. The average Bonchev–Trinajstić information content (AvgIpc) is 2.93. The summed E-state index contributed by atoms with van der Waals surface area (Å²) in [5.74, 6) is -0.424. The molecule has 0 aliphatic rings. The van der Waals surface area contributed by atoms with Crippen LogP contribution in [0.4, 0.5) is 0 Å². The molecule has 0 saturated carbocycles. The lowest BCUT2D eigenvalue weighted by atomic mass is 10.1. The number of allylic oxidation sites excluding steroid dienone is 6. The average molecular weight is 574 g/mol. The Morgan fingerprint density at radius 3 is 1.92 bits per heavy atom. The van der Waals surface area contributed by atoms with Crippen molar-refractivity contribution in [2.45, 2.75) is 116 Å². The van der Waals surface area contributed by atoms with E-state index in [1.165, 1.54) is 57.8 Å². The second-order valence-corrected chi connectivity index (χ2v) is 11.0. The van der Waals surface area contributed by atoms with Crippen molar-refractivity contribution in [1.29, 1.82) is 0 Å². The summed E-state index contributed by atoms with van der Waals surface area (Å²) >= 11 is 0. The van der Waals surface area contributed by atoms with E-state index >= 15 is 0 Å². The molecule has 9 heteroatoms. The molecular formula is C30H56NO7P. The number of carbonyl (C=O) groups excluding carboxylic acids is 1. The molecule has 8 nitrogen and oxygen atoms in total. The molecule has 0 bridgehead atoms. The molecule has 0 aromatic rings. The van der Waals surface area contributed by atoms with Crippen LogP contribution in [0.15, 0.2) is 36.5 Å². The van der Waals surface area contributed by atoms with Crippen LogP contribution in [0.1, 0.15) is 110 Å². The van der Waals surface area contributed by atoms with Gasteiger partial charge in [-0.1, -0.05) is 95.2 Å². The summed E-state index contributed by atoms with van der Waals surface area (Å²) in [4.78, 5) is 21.2. The third-order valence-electron chi connectivity index (χ3n) is 5.86. The van der Waals surface area contributed by atoms with E-state index in [2.05, 4.69) is 47.9 Å². The van der Waals surface area contributed by atoms with Crippen molar-refractivity contribution in [3.8, 4) is 0 Å². The highest BCUT2D eigenvalue weighted by Crippen LogP contribution is 2.43. The van der Waals surface area contributed by atoms with E-state index in [9.17, 15) is 14.3 Å². The third-order valence-corrected chi connectivity index (χ3v) is 6.85. The lowest BCUT2D eigenvalue weighted by Gasteiger charge is -2.19. The Morgan fingerprint density at radius 2 is 1.33 bits per heavy atom. The van der Waals surface area contributed by atoms with E-state index in [0.29, 0.717) is 6.61 Å². The fourth-order valence-corrected chi connectivity index (χ4v) is 4.39. The molecule has 0 rings (SSSR count). The number of phosphoric acid groups is 1. The Balaban J connectivity index is 3.71. The number of phosphoric ester groups is 1. The summed E-state index contributed by atoms with van der Waals surface area (Å²) in [5.41, 5.74) is 5.26. The first kappa shape index (κ1) is 37.7. The van der Waals surface area contributed by atoms with Crippen LogP contribution in [0.3, 0.4) is 0 Å². The number of hydrogen-bond acceptors (Lipinski definition) is 7. The first-order valence-electron chi connectivity index (χ1n) is 15.0. The van der Waals surface area contributed by atoms with Gasteiger partial charge >= 0.3 is 13.8 Å². The molecule has 3 N–H and O–H groups in total. The molecular weight excluding hydrogens is 517 g/mol. The lowest BCUT2D eigenvalue weighted by molar-refractivity contribution is -0.154. The predicted octanol–water partition coefficient (Wildman–Crippen LogP) is 7.57. The second-order valence-electron chi connectivity index (χ2n) is 9.57. The lowest BCUT2D eigenvalue weighted by Crippen LogP contribution is -2.28. The molecule has 39 heavy (non-hydrogen) atoms. The van der Waals surface area contributed by atoms with Gasteiger partial charge in [-0.25, -0.2) is 4.57 Å². The normalized spacial score (nSPS) is 14.5. The minimum Gasteiger partial charge on any atom is -0.457 e. The summed E-state index contributed by atoms with van der Waals surface area (Å²) < 4.78 is 32.2. The maximum atomic E-state index is 11.8. The van der Waals surface area contributed by atoms with Gasteiger partial charge in [0, 0.05) is 19.6 Å². The molecule has 0 spiro atoms. The number of esters is 1. The largest absolute Gasteiger partial charge is 0.472 e. The maximum absolute atomic E-state index is 11.8. The molecule has 0 aliphatic carbocycles. The quantitative estimate of drug-likeness (QED) is 0.0426. The van der Waals surface area contributed by atoms with E-state index in [1.54, 1.807) is 6.92 Å². The van der Waals surface area contributed by atoms with Crippen LogP contribution < -0.4 is 5.73 Å².